The highest BCUT2D eigenvalue weighted by molar-refractivity contribution is 5.55. The van der Waals surface area contributed by atoms with Crippen molar-refractivity contribution >= 4 is 5.69 Å². The molecule has 0 amide bonds. The summed E-state index contributed by atoms with van der Waals surface area (Å²) in [5.74, 6) is 0. The molecule has 0 unspecified atom stereocenters. The number of nitrogens with zero attached hydrogens (tertiary/aromatic N) is 3. The number of aromatic nitrogens is 2. The van der Waals surface area contributed by atoms with E-state index in [9.17, 15) is 0 Å². The maximum absolute atomic E-state index is 8.89. The van der Waals surface area contributed by atoms with Crippen molar-refractivity contribution in [2.24, 2.45) is 7.05 Å². The zero-order chi connectivity index (χ0) is 13.1. The summed E-state index contributed by atoms with van der Waals surface area (Å²) in [5.41, 5.74) is 4.93. The molecule has 2 rings (SSSR count). The summed E-state index contributed by atoms with van der Waals surface area (Å²) in [7, 11) is 1.93. The van der Waals surface area contributed by atoms with E-state index in [-0.39, 0.29) is 0 Å². The molecule has 0 aliphatic heterocycles. The number of hydrogen-bond donors (Lipinski definition) is 1. The van der Waals surface area contributed by atoms with Crippen molar-refractivity contribution in [3.05, 3.63) is 46.8 Å². The average Bonchev–Trinajstić information content (AvgIpc) is 2.67. The molecule has 4 nitrogen and oxygen atoms in total. The van der Waals surface area contributed by atoms with Crippen LogP contribution < -0.4 is 5.32 Å². The Balaban J connectivity index is 2.15. The summed E-state index contributed by atoms with van der Waals surface area (Å²) in [6.07, 6.45) is 0. The molecule has 1 heterocycles. The molecule has 0 bridgehead atoms. The second-order valence-electron chi connectivity index (χ2n) is 4.40. The highest BCUT2D eigenvalue weighted by atomic mass is 15.3. The minimum Gasteiger partial charge on any atom is -0.379 e. The molecule has 92 valence electrons. The predicted octanol–water partition coefficient (Wildman–Crippen LogP) is 2.52. The second-order valence-corrected chi connectivity index (χ2v) is 4.40. The number of benzene rings is 1. The molecule has 4 heteroatoms. The van der Waals surface area contributed by atoms with E-state index in [1.165, 1.54) is 0 Å². The molecule has 0 fully saturated rings. The zero-order valence-corrected chi connectivity index (χ0v) is 10.9. The number of rotatable bonds is 3. The zero-order valence-electron chi connectivity index (χ0n) is 10.9. The van der Waals surface area contributed by atoms with Gasteiger partial charge >= 0.3 is 0 Å². The number of hydrogen-bond acceptors (Lipinski definition) is 3. The Morgan fingerprint density at radius 3 is 2.72 bits per heavy atom. The van der Waals surface area contributed by atoms with Gasteiger partial charge in [0.2, 0.25) is 0 Å². The van der Waals surface area contributed by atoms with E-state index in [1.54, 1.807) is 0 Å². The third-order valence-electron chi connectivity index (χ3n) is 2.93. The summed E-state index contributed by atoms with van der Waals surface area (Å²) in [6.45, 7) is 4.70. The Kier molecular flexibility index (Phi) is 3.33. The fourth-order valence-corrected chi connectivity index (χ4v) is 1.90. The first-order valence-electron chi connectivity index (χ1n) is 5.84. The summed E-state index contributed by atoms with van der Waals surface area (Å²) in [5, 5.41) is 16.5. The van der Waals surface area contributed by atoms with E-state index in [0.717, 1.165) is 22.6 Å². The third kappa shape index (κ3) is 2.51. The Labute approximate surface area is 107 Å². The van der Waals surface area contributed by atoms with Crippen LogP contribution in [-0.2, 0) is 13.6 Å². The van der Waals surface area contributed by atoms with Crippen LogP contribution in [0.5, 0.6) is 0 Å². The highest BCUT2D eigenvalue weighted by Crippen LogP contribution is 2.17. The average molecular weight is 240 g/mol. The van der Waals surface area contributed by atoms with Crippen LogP contribution in [0, 0.1) is 25.2 Å². The standard InChI is InChI=1S/C14H16N4/c1-10-4-5-12(8-15)7-14(10)16-9-13-6-11(2)17-18(13)3/h4-7,16H,9H2,1-3H3. The maximum Gasteiger partial charge on any atom is 0.0992 e. The summed E-state index contributed by atoms with van der Waals surface area (Å²) < 4.78 is 1.87. The molecule has 2 aromatic rings. The van der Waals surface area contributed by atoms with E-state index < -0.39 is 0 Å². The van der Waals surface area contributed by atoms with Gasteiger partial charge in [-0.15, -0.1) is 0 Å². The predicted molar refractivity (Wildman–Crippen MR) is 71.2 cm³/mol. The van der Waals surface area contributed by atoms with Gasteiger partial charge in [0.25, 0.3) is 0 Å². The highest BCUT2D eigenvalue weighted by Gasteiger charge is 2.04. The lowest BCUT2D eigenvalue weighted by Gasteiger charge is -2.09. The van der Waals surface area contributed by atoms with Crippen LogP contribution in [0.2, 0.25) is 0 Å². The Bertz CT molecular complexity index is 605. The Morgan fingerprint density at radius 1 is 1.33 bits per heavy atom. The van der Waals surface area contributed by atoms with Crippen molar-refractivity contribution in [3.8, 4) is 6.07 Å². The van der Waals surface area contributed by atoms with Crippen molar-refractivity contribution in [2.75, 3.05) is 5.32 Å². The van der Waals surface area contributed by atoms with Crippen LogP contribution in [0.4, 0.5) is 5.69 Å². The molecule has 0 saturated carbocycles. The molecule has 0 aliphatic carbocycles. The van der Waals surface area contributed by atoms with Crippen LogP contribution in [0.25, 0.3) is 0 Å². The van der Waals surface area contributed by atoms with Crippen molar-refractivity contribution < 1.29 is 0 Å². The third-order valence-corrected chi connectivity index (χ3v) is 2.93. The van der Waals surface area contributed by atoms with Gasteiger partial charge in [0.1, 0.15) is 0 Å². The van der Waals surface area contributed by atoms with Gasteiger partial charge in [-0.05, 0) is 37.6 Å². The van der Waals surface area contributed by atoms with Crippen molar-refractivity contribution in [3.63, 3.8) is 0 Å². The number of nitrogens with one attached hydrogen (secondary N) is 1. The smallest absolute Gasteiger partial charge is 0.0992 e. The number of anilines is 1. The van der Waals surface area contributed by atoms with Gasteiger partial charge in [0.15, 0.2) is 0 Å². The molecule has 0 saturated heterocycles. The number of aryl methyl sites for hydroxylation is 3. The van der Waals surface area contributed by atoms with Gasteiger partial charge in [-0.1, -0.05) is 6.07 Å². The number of nitriles is 1. The fourth-order valence-electron chi connectivity index (χ4n) is 1.90. The minimum absolute atomic E-state index is 0.671. The second kappa shape index (κ2) is 4.92. The largest absolute Gasteiger partial charge is 0.379 e. The maximum atomic E-state index is 8.89. The lowest BCUT2D eigenvalue weighted by molar-refractivity contribution is 0.713. The van der Waals surface area contributed by atoms with Gasteiger partial charge in [0, 0.05) is 12.7 Å². The first kappa shape index (κ1) is 12.2. The molecule has 1 N–H and O–H groups in total. The first-order chi connectivity index (χ1) is 8.60. The van der Waals surface area contributed by atoms with Gasteiger partial charge in [-0.25, -0.2) is 0 Å². The van der Waals surface area contributed by atoms with Crippen LogP contribution in [0.3, 0.4) is 0 Å². The van der Waals surface area contributed by atoms with Crippen molar-refractivity contribution in [1.82, 2.24) is 9.78 Å². The van der Waals surface area contributed by atoms with Gasteiger partial charge < -0.3 is 5.32 Å². The molecule has 0 spiro atoms. The molecule has 0 atom stereocenters. The topological polar surface area (TPSA) is 53.6 Å². The first-order valence-corrected chi connectivity index (χ1v) is 5.84. The SMILES string of the molecule is Cc1cc(CNc2cc(C#N)ccc2C)n(C)n1. The summed E-state index contributed by atoms with van der Waals surface area (Å²) >= 11 is 0. The summed E-state index contributed by atoms with van der Waals surface area (Å²) in [6, 6.07) is 9.86. The molecule has 1 aromatic heterocycles. The molecule has 18 heavy (non-hydrogen) atoms. The van der Waals surface area contributed by atoms with Crippen molar-refractivity contribution in [2.45, 2.75) is 20.4 Å². The summed E-state index contributed by atoms with van der Waals surface area (Å²) in [4.78, 5) is 0. The molecule has 1 aromatic carbocycles. The van der Waals surface area contributed by atoms with Crippen LogP contribution in [0.1, 0.15) is 22.5 Å². The van der Waals surface area contributed by atoms with E-state index in [4.69, 9.17) is 5.26 Å². The quantitative estimate of drug-likeness (QED) is 0.896. The van der Waals surface area contributed by atoms with E-state index in [1.807, 2.05) is 43.8 Å². The van der Waals surface area contributed by atoms with Crippen LogP contribution >= 0.6 is 0 Å². The van der Waals surface area contributed by atoms with E-state index in [0.29, 0.717) is 12.1 Å². The van der Waals surface area contributed by atoms with Gasteiger partial charge in [0.05, 0.1) is 29.6 Å². The van der Waals surface area contributed by atoms with Crippen LogP contribution in [-0.4, -0.2) is 9.78 Å². The van der Waals surface area contributed by atoms with E-state index >= 15 is 0 Å². The lowest BCUT2D eigenvalue weighted by Crippen LogP contribution is -2.06. The molecule has 0 aliphatic rings. The van der Waals surface area contributed by atoms with Gasteiger partial charge in [-0.2, -0.15) is 10.4 Å². The Morgan fingerprint density at radius 2 is 2.11 bits per heavy atom. The Hall–Kier alpha value is -2.28. The van der Waals surface area contributed by atoms with Gasteiger partial charge in [-0.3, -0.25) is 4.68 Å². The monoisotopic (exact) mass is 240 g/mol. The lowest BCUT2D eigenvalue weighted by atomic mass is 10.1. The minimum atomic E-state index is 0.671. The molecular weight excluding hydrogens is 224 g/mol. The molecular formula is C14H16N4. The van der Waals surface area contributed by atoms with Crippen LogP contribution in [0.15, 0.2) is 24.3 Å². The fraction of sp³-hybridized carbons (Fsp3) is 0.286. The normalized spacial score (nSPS) is 10.1. The molecule has 0 radical (unpaired) electrons. The van der Waals surface area contributed by atoms with E-state index in [2.05, 4.69) is 22.6 Å². The van der Waals surface area contributed by atoms with Crippen molar-refractivity contribution in [1.29, 1.82) is 5.26 Å².